The van der Waals surface area contributed by atoms with Crippen molar-refractivity contribution < 1.29 is 8.78 Å². The fraction of sp³-hybridized carbons (Fsp3) is 0.667. The third-order valence-corrected chi connectivity index (χ3v) is 3.90. The number of rotatable bonds is 1. The second kappa shape index (κ2) is 4.74. The number of nitrogens with one attached hydrogen (secondary N) is 1. The molecule has 0 bridgehead atoms. The van der Waals surface area contributed by atoms with E-state index in [1.54, 1.807) is 4.90 Å². The highest BCUT2D eigenvalue weighted by Crippen LogP contribution is 2.36. The molecule has 1 aromatic rings. The maximum absolute atomic E-state index is 13.8. The van der Waals surface area contributed by atoms with Crippen LogP contribution in [0.1, 0.15) is 25.7 Å². The largest absolute Gasteiger partial charge is 0.375 e. The number of fused-ring (bicyclic) bond motifs is 1. The van der Waals surface area contributed by atoms with Crippen LogP contribution in [0.15, 0.2) is 6.20 Å². The van der Waals surface area contributed by atoms with Gasteiger partial charge in [0.25, 0.3) is 5.92 Å². The summed E-state index contributed by atoms with van der Waals surface area (Å²) in [6.45, 7) is -0.709. The van der Waals surface area contributed by atoms with Crippen LogP contribution in [0.2, 0.25) is 5.28 Å². The first-order valence-electron chi connectivity index (χ1n) is 6.46. The minimum Gasteiger partial charge on any atom is -0.375 e. The van der Waals surface area contributed by atoms with Crippen LogP contribution in [0, 0.1) is 0 Å². The van der Waals surface area contributed by atoms with Gasteiger partial charge in [0.05, 0.1) is 25.0 Å². The lowest BCUT2D eigenvalue weighted by Gasteiger charge is -2.31. The lowest BCUT2D eigenvalue weighted by atomic mass is 10.2. The molecule has 19 heavy (non-hydrogen) atoms. The Morgan fingerprint density at radius 2 is 2.11 bits per heavy atom. The molecule has 0 amide bonds. The van der Waals surface area contributed by atoms with E-state index in [2.05, 4.69) is 15.3 Å². The first-order valence-corrected chi connectivity index (χ1v) is 6.84. The van der Waals surface area contributed by atoms with Crippen molar-refractivity contribution in [2.45, 2.75) is 37.6 Å². The minimum atomic E-state index is -2.78. The average molecular weight is 289 g/mol. The van der Waals surface area contributed by atoms with Crippen molar-refractivity contribution in [2.75, 3.05) is 23.3 Å². The predicted molar refractivity (Wildman–Crippen MR) is 70.1 cm³/mol. The van der Waals surface area contributed by atoms with Crippen LogP contribution < -0.4 is 10.2 Å². The molecule has 1 aromatic heterocycles. The monoisotopic (exact) mass is 288 g/mol. The van der Waals surface area contributed by atoms with E-state index in [9.17, 15) is 8.78 Å². The van der Waals surface area contributed by atoms with Crippen LogP contribution in [0.5, 0.6) is 0 Å². The summed E-state index contributed by atoms with van der Waals surface area (Å²) >= 11 is 5.81. The molecule has 0 spiro atoms. The Morgan fingerprint density at radius 1 is 1.37 bits per heavy atom. The molecular weight excluding hydrogens is 274 g/mol. The van der Waals surface area contributed by atoms with Crippen LogP contribution in [0.4, 0.5) is 20.3 Å². The molecule has 0 radical (unpaired) electrons. The van der Waals surface area contributed by atoms with Gasteiger partial charge in [-0.1, -0.05) is 12.8 Å². The topological polar surface area (TPSA) is 41.1 Å². The molecule has 1 fully saturated rings. The molecule has 7 heteroatoms. The molecule has 0 atom stereocenters. The number of nitrogens with zero attached hydrogens (tertiary/aromatic N) is 3. The van der Waals surface area contributed by atoms with Crippen LogP contribution in [-0.4, -0.2) is 35.0 Å². The Balaban J connectivity index is 2.00. The van der Waals surface area contributed by atoms with E-state index in [-0.39, 0.29) is 17.9 Å². The van der Waals surface area contributed by atoms with Crippen LogP contribution >= 0.6 is 11.6 Å². The van der Waals surface area contributed by atoms with Gasteiger partial charge in [-0.2, -0.15) is 4.98 Å². The summed E-state index contributed by atoms with van der Waals surface area (Å²) in [7, 11) is 0. The summed E-state index contributed by atoms with van der Waals surface area (Å²) in [6.07, 6.45) is 5.49. The van der Waals surface area contributed by atoms with Gasteiger partial charge in [0, 0.05) is 6.04 Å². The van der Waals surface area contributed by atoms with E-state index in [4.69, 9.17) is 11.6 Å². The minimum absolute atomic E-state index is 0.0914. The van der Waals surface area contributed by atoms with Crippen molar-refractivity contribution in [3.8, 4) is 0 Å². The van der Waals surface area contributed by atoms with Crippen LogP contribution in [0.3, 0.4) is 0 Å². The molecule has 0 aromatic carbocycles. The van der Waals surface area contributed by atoms with Gasteiger partial charge in [0.1, 0.15) is 0 Å². The lowest BCUT2D eigenvalue weighted by Crippen LogP contribution is -2.43. The van der Waals surface area contributed by atoms with Gasteiger partial charge in [0.15, 0.2) is 5.82 Å². The first-order chi connectivity index (χ1) is 9.05. The van der Waals surface area contributed by atoms with Crippen molar-refractivity contribution in [3.05, 3.63) is 11.5 Å². The van der Waals surface area contributed by atoms with Gasteiger partial charge in [0.2, 0.25) is 5.28 Å². The Hall–Kier alpha value is -1.17. The normalized spacial score (nSPS) is 22.8. The van der Waals surface area contributed by atoms with Crippen molar-refractivity contribution in [2.24, 2.45) is 0 Å². The van der Waals surface area contributed by atoms with Crippen molar-refractivity contribution >= 4 is 23.1 Å². The molecule has 3 rings (SSSR count). The maximum Gasteiger partial charge on any atom is 0.282 e. The second-order valence-corrected chi connectivity index (χ2v) is 5.49. The number of halogens is 3. The molecule has 1 saturated carbocycles. The standard InChI is InChI=1S/C12H15ClF2N4/c13-11-16-5-9-10(18-11)19(8-3-1-2-4-8)7-12(14,15)6-17-9/h5,8,17H,1-4,6-7H2. The molecule has 4 nitrogen and oxygen atoms in total. The fourth-order valence-corrected chi connectivity index (χ4v) is 2.95. The smallest absolute Gasteiger partial charge is 0.282 e. The van der Waals surface area contributed by atoms with Crippen molar-refractivity contribution in [1.29, 1.82) is 0 Å². The first kappa shape index (κ1) is 12.8. The van der Waals surface area contributed by atoms with Crippen LogP contribution in [-0.2, 0) is 0 Å². The Kier molecular flexibility index (Phi) is 3.20. The zero-order valence-electron chi connectivity index (χ0n) is 10.4. The SMILES string of the molecule is FC1(F)CNc2cnc(Cl)nc2N(C2CCCC2)C1. The van der Waals surface area contributed by atoms with Crippen LogP contribution in [0.25, 0.3) is 0 Å². The zero-order chi connectivity index (χ0) is 13.5. The summed E-state index contributed by atoms with van der Waals surface area (Å²) < 4.78 is 27.7. The molecule has 104 valence electrons. The lowest BCUT2D eigenvalue weighted by molar-refractivity contribution is 0.0228. The zero-order valence-corrected chi connectivity index (χ0v) is 11.1. The number of aromatic nitrogens is 2. The Bertz CT molecular complexity index is 477. The van der Waals surface area contributed by atoms with Crippen molar-refractivity contribution in [1.82, 2.24) is 9.97 Å². The molecule has 1 aliphatic carbocycles. The van der Waals surface area contributed by atoms with E-state index >= 15 is 0 Å². The number of hydrogen-bond acceptors (Lipinski definition) is 4. The predicted octanol–water partition coefficient (Wildman–Crippen LogP) is 2.94. The summed E-state index contributed by atoms with van der Waals surface area (Å²) in [6, 6.07) is 0.121. The summed E-state index contributed by atoms with van der Waals surface area (Å²) in [5.41, 5.74) is 0.536. The van der Waals surface area contributed by atoms with Gasteiger partial charge in [-0.25, -0.2) is 13.8 Å². The van der Waals surface area contributed by atoms with E-state index in [0.29, 0.717) is 11.5 Å². The average Bonchev–Trinajstić information content (AvgIpc) is 2.84. The number of alkyl halides is 2. The summed E-state index contributed by atoms with van der Waals surface area (Å²) in [5.74, 6) is -2.28. The number of hydrogen-bond donors (Lipinski definition) is 1. The third-order valence-electron chi connectivity index (χ3n) is 3.72. The Morgan fingerprint density at radius 3 is 2.84 bits per heavy atom. The fourth-order valence-electron chi connectivity index (χ4n) is 2.82. The highest BCUT2D eigenvalue weighted by atomic mass is 35.5. The van der Waals surface area contributed by atoms with Gasteiger partial charge in [-0.15, -0.1) is 0 Å². The van der Waals surface area contributed by atoms with Gasteiger partial charge >= 0.3 is 0 Å². The highest BCUT2D eigenvalue weighted by Gasteiger charge is 2.39. The van der Waals surface area contributed by atoms with E-state index in [0.717, 1.165) is 25.7 Å². The molecular formula is C12H15ClF2N4. The van der Waals surface area contributed by atoms with Gasteiger partial charge < -0.3 is 10.2 Å². The Labute approximate surface area is 115 Å². The highest BCUT2D eigenvalue weighted by molar-refractivity contribution is 6.28. The molecule has 0 unspecified atom stereocenters. The molecule has 0 saturated heterocycles. The number of anilines is 2. The summed E-state index contributed by atoms with van der Waals surface area (Å²) in [5, 5.41) is 2.81. The quantitative estimate of drug-likeness (QED) is 0.807. The molecule has 1 aliphatic heterocycles. The third kappa shape index (κ3) is 2.59. The van der Waals surface area contributed by atoms with E-state index in [1.807, 2.05) is 0 Å². The molecule has 1 N–H and O–H groups in total. The molecule has 2 heterocycles. The maximum atomic E-state index is 13.8. The second-order valence-electron chi connectivity index (χ2n) is 5.15. The van der Waals surface area contributed by atoms with Crippen molar-refractivity contribution in [3.63, 3.8) is 0 Å². The van der Waals surface area contributed by atoms with Gasteiger partial charge in [-0.3, -0.25) is 0 Å². The molecule has 2 aliphatic rings. The van der Waals surface area contributed by atoms with E-state index < -0.39 is 12.5 Å². The van der Waals surface area contributed by atoms with E-state index in [1.165, 1.54) is 6.20 Å². The van der Waals surface area contributed by atoms with Gasteiger partial charge in [-0.05, 0) is 24.4 Å². The summed E-state index contributed by atoms with van der Waals surface area (Å²) in [4.78, 5) is 9.72.